The Balaban J connectivity index is 1.48. The highest BCUT2D eigenvalue weighted by molar-refractivity contribution is 5.76. The van der Waals surface area contributed by atoms with Crippen LogP contribution in [0.4, 0.5) is 0 Å². The molecule has 4 aromatic rings. The Hall–Kier alpha value is -3.54. The minimum Gasteiger partial charge on any atom is -0.355 e. The number of rotatable bonds is 7. The highest BCUT2D eigenvalue weighted by Gasteiger charge is 2.29. The van der Waals surface area contributed by atoms with Crippen LogP contribution in [0.2, 0.25) is 0 Å². The second-order valence-electron chi connectivity index (χ2n) is 8.07. The molecule has 0 spiro atoms. The Labute approximate surface area is 182 Å². The molecule has 0 atom stereocenters. The number of hydrogen-bond acceptors (Lipinski definition) is 4. The van der Waals surface area contributed by atoms with Crippen LogP contribution in [-0.4, -0.2) is 32.0 Å². The maximum Gasteiger partial charge on any atom is 0.252 e. The van der Waals surface area contributed by atoms with E-state index in [-0.39, 0.29) is 11.3 Å². The molecule has 31 heavy (non-hydrogen) atoms. The predicted molar refractivity (Wildman–Crippen MR) is 121 cm³/mol. The van der Waals surface area contributed by atoms with E-state index in [4.69, 9.17) is 0 Å². The molecule has 2 aromatic heterocycles. The van der Waals surface area contributed by atoms with Gasteiger partial charge >= 0.3 is 0 Å². The van der Waals surface area contributed by atoms with E-state index in [1.807, 2.05) is 50.2 Å². The molecule has 0 fully saturated rings. The van der Waals surface area contributed by atoms with Crippen LogP contribution in [0, 0.1) is 13.8 Å². The van der Waals surface area contributed by atoms with E-state index in [0.717, 1.165) is 17.0 Å². The summed E-state index contributed by atoms with van der Waals surface area (Å²) >= 11 is 0. The summed E-state index contributed by atoms with van der Waals surface area (Å²) in [5.74, 6) is 0.611. The zero-order chi connectivity index (χ0) is 21.8. The van der Waals surface area contributed by atoms with E-state index in [0.29, 0.717) is 25.2 Å². The molecule has 2 heterocycles. The first-order valence-electron chi connectivity index (χ1n) is 10.5. The number of nitrogens with one attached hydrogen (secondary N) is 1. The van der Waals surface area contributed by atoms with Crippen LogP contribution >= 0.6 is 0 Å². The van der Waals surface area contributed by atoms with Crippen molar-refractivity contribution in [1.82, 2.24) is 24.9 Å². The summed E-state index contributed by atoms with van der Waals surface area (Å²) in [6, 6.07) is 20.6. The van der Waals surface area contributed by atoms with Gasteiger partial charge in [0.25, 0.3) is 5.78 Å². The number of nitrogens with zero attached hydrogens (tertiary/aromatic N) is 4. The topological polar surface area (TPSA) is 72.2 Å². The van der Waals surface area contributed by atoms with Crippen LogP contribution in [0.15, 0.2) is 67.0 Å². The third kappa shape index (κ3) is 4.19. The summed E-state index contributed by atoms with van der Waals surface area (Å²) in [7, 11) is 0. The van der Waals surface area contributed by atoms with Gasteiger partial charge in [-0.15, -0.1) is 0 Å². The van der Waals surface area contributed by atoms with Crippen molar-refractivity contribution in [1.29, 1.82) is 0 Å². The van der Waals surface area contributed by atoms with Crippen molar-refractivity contribution in [3.05, 3.63) is 95.1 Å². The molecule has 2 aromatic carbocycles. The first-order chi connectivity index (χ1) is 15.0. The second kappa shape index (κ2) is 8.68. The molecule has 0 aliphatic carbocycles. The summed E-state index contributed by atoms with van der Waals surface area (Å²) < 4.78 is 1.72. The van der Waals surface area contributed by atoms with Crippen LogP contribution in [0.5, 0.6) is 0 Å². The Bertz CT molecular complexity index is 1150. The van der Waals surface area contributed by atoms with Gasteiger partial charge in [-0.25, -0.2) is 9.50 Å². The number of carbonyl (C=O) groups excluding carboxylic acids is 1. The van der Waals surface area contributed by atoms with Gasteiger partial charge in [-0.3, -0.25) is 4.79 Å². The van der Waals surface area contributed by atoms with E-state index in [1.165, 1.54) is 17.5 Å². The Morgan fingerprint density at radius 3 is 2.23 bits per heavy atom. The van der Waals surface area contributed by atoms with Gasteiger partial charge in [-0.05, 0) is 43.9 Å². The van der Waals surface area contributed by atoms with Gasteiger partial charge in [0.2, 0.25) is 5.91 Å². The van der Waals surface area contributed by atoms with Crippen LogP contribution < -0.4 is 5.32 Å². The molecule has 0 radical (unpaired) electrons. The van der Waals surface area contributed by atoms with Gasteiger partial charge in [0.05, 0.1) is 0 Å². The lowest BCUT2D eigenvalue weighted by Crippen LogP contribution is -2.39. The lowest BCUT2D eigenvalue weighted by Gasteiger charge is -2.31. The van der Waals surface area contributed by atoms with Crippen molar-refractivity contribution >= 4 is 11.7 Å². The maximum atomic E-state index is 12.8. The molecule has 4 rings (SSSR count). The van der Waals surface area contributed by atoms with Crippen molar-refractivity contribution in [3.63, 3.8) is 0 Å². The molecule has 6 nitrogen and oxygen atoms in total. The predicted octanol–water partition coefficient (Wildman–Crippen LogP) is 3.80. The van der Waals surface area contributed by atoms with Gasteiger partial charge in [0.15, 0.2) is 0 Å². The number of benzene rings is 2. The highest BCUT2D eigenvalue weighted by Crippen LogP contribution is 2.31. The number of hydrogen-bond donors (Lipinski definition) is 1. The van der Waals surface area contributed by atoms with Gasteiger partial charge in [0.1, 0.15) is 6.33 Å². The summed E-state index contributed by atoms with van der Waals surface area (Å²) in [6.07, 6.45) is 2.50. The zero-order valence-electron chi connectivity index (χ0n) is 18.2. The van der Waals surface area contributed by atoms with E-state index in [1.54, 1.807) is 4.52 Å². The normalized spacial score (nSPS) is 11.6. The first-order valence-corrected chi connectivity index (χ1v) is 10.5. The smallest absolute Gasteiger partial charge is 0.252 e. The fourth-order valence-corrected chi connectivity index (χ4v) is 4.10. The summed E-state index contributed by atoms with van der Waals surface area (Å²) in [4.78, 5) is 21.4. The average molecular weight is 414 g/mol. The molecule has 1 N–H and O–H groups in total. The Morgan fingerprint density at radius 2 is 1.61 bits per heavy atom. The first kappa shape index (κ1) is 20.7. The molecule has 6 heteroatoms. The molecule has 0 unspecified atom stereocenters. The summed E-state index contributed by atoms with van der Waals surface area (Å²) in [6.45, 7) is 6.65. The number of aromatic nitrogens is 4. The molecule has 0 saturated carbocycles. The molecule has 0 aliphatic heterocycles. The largest absolute Gasteiger partial charge is 0.355 e. The number of carbonyl (C=O) groups is 1. The molecule has 0 saturated heterocycles. The SMILES string of the molecule is Cc1nc2ncnn2c(C)c1CCC(=O)NCC(C)(c1ccccc1)c1ccccc1. The minimum absolute atomic E-state index is 0.0237. The Morgan fingerprint density at radius 1 is 1.00 bits per heavy atom. The lowest BCUT2D eigenvalue weighted by atomic mass is 9.76. The lowest BCUT2D eigenvalue weighted by molar-refractivity contribution is -0.121. The minimum atomic E-state index is -0.314. The molecule has 0 bridgehead atoms. The fraction of sp³-hybridized carbons (Fsp3) is 0.280. The fourth-order valence-electron chi connectivity index (χ4n) is 4.10. The zero-order valence-corrected chi connectivity index (χ0v) is 18.2. The number of amides is 1. The van der Waals surface area contributed by atoms with E-state index >= 15 is 0 Å². The molecular formula is C25H27N5O. The third-order valence-corrected chi connectivity index (χ3v) is 6.05. The van der Waals surface area contributed by atoms with Crippen molar-refractivity contribution < 1.29 is 4.79 Å². The summed E-state index contributed by atoms with van der Waals surface area (Å²) in [5, 5.41) is 7.39. The monoisotopic (exact) mass is 413 g/mol. The molecular weight excluding hydrogens is 386 g/mol. The van der Waals surface area contributed by atoms with Crippen LogP contribution in [-0.2, 0) is 16.6 Å². The average Bonchev–Trinajstić information content (AvgIpc) is 3.27. The van der Waals surface area contributed by atoms with Gasteiger partial charge in [-0.1, -0.05) is 60.7 Å². The van der Waals surface area contributed by atoms with Crippen LogP contribution in [0.1, 0.15) is 41.4 Å². The molecule has 158 valence electrons. The number of aryl methyl sites for hydroxylation is 2. The van der Waals surface area contributed by atoms with Crippen molar-refractivity contribution in [3.8, 4) is 0 Å². The standard InChI is InChI=1S/C25H27N5O/c1-18-22(19(2)30-24(29-18)27-17-28-30)14-15-23(31)26-16-25(3,20-10-6-4-7-11-20)21-12-8-5-9-13-21/h4-13,17H,14-16H2,1-3H3,(H,26,31). The van der Waals surface area contributed by atoms with Gasteiger partial charge in [0, 0.05) is 29.8 Å². The van der Waals surface area contributed by atoms with Crippen LogP contribution in [0.25, 0.3) is 5.78 Å². The van der Waals surface area contributed by atoms with Crippen molar-refractivity contribution in [2.75, 3.05) is 6.54 Å². The van der Waals surface area contributed by atoms with E-state index < -0.39 is 0 Å². The highest BCUT2D eigenvalue weighted by atomic mass is 16.1. The number of fused-ring (bicyclic) bond motifs is 1. The Kier molecular flexibility index (Phi) is 5.80. The molecule has 0 aliphatic rings. The maximum absolute atomic E-state index is 12.8. The second-order valence-corrected chi connectivity index (χ2v) is 8.07. The third-order valence-electron chi connectivity index (χ3n) is 6.05. The van der Waals surface area contributed by atoms with E-state index in [9.17, 15) is 4.79 Å². The van der Waals surface area contributed by atoms with E-state index in [2.05, 4.69) is 51.6 Å². The molecule has 1 amide bonds. The van der Waals surface area contributed by atoms with Crippen molar-refractivity contribution in [2.45, 2.75) is 39.0 Å². The summed E-state index contributed by atoms with van der Waals surface area (Å²) in [5.41, 5.74) is 4.95. The quantitative estimate of drug-likeness (QED) is 0.500. The van der Waals surface area contributed by atoms with Crippen molar-refractivity contribution in [2.24, 2.45) is 0 Å². The van der Waals surface area contributed by atoms with Gasteiger partial charge < -0.3 is 5.32 Å². The van der Waals surface area contributed by atoms with Crippen LogP contribution in [0.3, 0.4) is 0 Å². The van der Waals surface area contributed by atoms with Gasteiger partial charge in [-0.2, -0.15) is 10.1 Å².